The van der Waals surface area contributed by atoms with Gasteiger partial charge in [0, 0.05) is 30.9 Å². The van der Waals surface area contributed by atoms with Crippen LogP contribution < -0.4 is 9.64 Å². The molecule has 4 saturated heterocycles. The fraction of sp³-hybridized carbons (Fsp3) is 0.526. The summed E-state index contributed by atoms with van der Waals surface area (Å²) in [5.41, 5.74) is 1.21. The molecule has 49 heavy (non-hydrogen) atoms. The van der Waals surface area contributed by atoms with E-state index in [1.807, 2.05) is 62.9 Å². The van der Waals surface area contributed by atoms with E-state index in [-0.39, 0.29) is 53.7 Å². The molecule has 4 atom stereocenters. The molecule has 4 unspecified atom stereocenters. The number of piperazine rings is 1. The molecule has 2 aromatic heterocycles. The third-order valence-electron chi connectivity index (χ3n) is 11.0. The molecule has 0 saturated carbocycles. The zero-order chi connectivity index (χ0) is 34.1. The Hall–Kier alpha value is -4.12. The maximum Gasteiger partial charge on any atom is 0.410 e. The number of carbonyl (C=O) groups is 1. The van der Waals surface area contributed by atoms with Crippen LogP contribution in [0.1, 0.15) is 64.9 Å². The number of pyridine rings is 1. The molecule has 2 bridgehead atoms. The van der Waals surface area contributed by atoms with Crippen LogP contribution in [0.2, 0.25) is 0 Å². The lowest BCUT2D eigenvalue weighted by Crippen LogP contribution is -2.57. The lowest BCUT2D eigenvalue weighted by atomic mass is 9.95. The third-order valence-corrected chi connectivity index (χ3v) is 11.0. The Balaban J connectivity index is 1.19. The first-order valence-electron chi connectivity index (χ1n) is 17.6. The molecule has 4 aliphatic rings. The first-order chi connectivity index (χ1) is 23.5. The standard InChI is InChI=1S/C38H44F2N6O3/c1-23-16-24-8-5-6-9-28(24)29(17-23)32-31(40)33-30(19-41-32)34(44-20-26-10-11-27(21-44)46(26)36(47)49-37(2,3)4)43-35(42-33)48-22-38-13-7-15-45(38)25(18-39)12-14-38/h5-6,8-9,16-17,19,25-27H,7,10-15,18,20-22H2,1-4H3. The molecule has 11 heteroatoms. The normalized spacial score (nSPS) is 25.4. The van der Waals surface area contributed by atoms with E-state index in [9.17, 15) is 9.18 Å². The molecule has 1 amide bonds. The van der Waals surface area contributed by atoms with Crippen molar-refractivity contribution in [3.8, 4) is 17.3 Å². The number of nitrogens with zero attached hydrogens (tertiary/aromatic N) is 6. The summed E-state index contributed by atoms with van der Waals surface area (Å²) < 4.78 is 43.0. The third kappa shape index (κ3) is 5.63. The van der Waals surface area contributed by atoms with E-state index in [1.165, 1.54) is 0 Å². The van der Waals surface area contributed by atoms with Crippen molar-refractivity contribution in [2.24, 2.45) is 0 Å². The van der Waals surface area contributed by atoms with Crippen molar-refractivity contribution in [2.75, 3.05) is 37.8 Å². The fourth-order valence-corrected chi connectivity index (χ4v) is 8.84. The molecule has 0 N–H and O–H groups in total. The highest BCUT2D eigenvalue weighted by Crippen LogP contribution is 2.43. The summed E-state index contributed by atoms with van der Waals surface area (Å²) in [4.78, 5) is 33.8. The van der Waals surface area contributed by atoms with Crippen LogP contribution in [-0.4, -0.2) is 93.0 Å². The molecule has 9 nitrogen and oxygen atoms in total. The maximum atomic E-state index is 16.9. The number of amides is 1. The molecule has 8 rings (SSSR count). The number of benzene rings is 2. The van der Waals surface area contributed by atoms with E-state index in [0.29, 0.717) is 36.5 Å². The molecule has 4 aromatic rings. The molecule has 4 fully saturated rings. The lowest BCUT2D eigenvalue weighted by molar-refractivity contribution is 0.0122. The summed E-state index contributed by atoms with van der Waals surface area (Å²) in [6.07, 6.45) is 6.61. The molecule has 6 heterocycles. The number of aromatic nitrogens is 3. The smallest absolute Gasteiger partial charge is 0.410 e. The number of hydrogen-bond acceptors (Lipinski definition) is 8. The second kappa shape index (κ2) is 12.0. The van der Waals surface area contributed by atoms with Gasteiger partial charge in [0.2, 0.25) is 0 Å². The second-order valence-corrected chi connectivity index (χ2v) is 15.4. The number of carbonyl (C=O) groups excluding carboxylic acids is 1. The van der Waals surface area contributed by atoms with Gasteiger partial charge in [-0.1, -0.05) is 30.3 Å². The average molecular weight is 671 g/mol. The first kappa shape index (κ1) is 32.1. The van der Waals surface area contributed by atoms with Crippen molar-refractivity contribution in [2.45, 2.75) is 95.5 Å². The topological polar surface area (TPSA) is 83.9 Å². The molecule has 0 spiro atoms. The van der Waals surface area contributed by atoms with Gasteiger partial charge in [0.15, 0.2) is 5.82 Å². The first-order valence-corrected chi connectivity index (χ1v) is 17.6. The van der Waals surface area contributed by atoms with Gasteiger partial charge in [-0.05, 0) is 95.2 Å². The Morgan fingerprint density at radius 2 is 1.82 bits per heavy atom. The summed E-state index contributed by atoms with van der Waals surface area (Å²) in [7, 11) is 0. The van der Waals surface area contributed by atoms with Gasteiger partial charge in [-0.3, -0.25) is 14.8 Å². The van der Waals surface area contributed by atoms with Crippen molar-refractivity contribution in [3.05, 3.63) is 54.0 Å². The minimum atomic E-state index is -0.593. The molecule has 4 aliphatic heterocycles. The van der Waals surface area contributed by atoms with Crippen LogP contribution >= 0.6 is 0 Å². The number of anilines is 1. The molecule has 0 radical (unpaired) electrons. The Labute approximate surface area is 285 Å². The molecule has 0 aliphatic carbocycles. The van der Waals surface area contributed by atoms with Crippen LogP contribution in [-0.2, 0) is 4.74 Å². The van der Waals surface area contributed by atoms with Crippen molar-refractivity contribution in [1.29, 1.82) is 0 Å². The quantitative estimate of drug-likeness (QED) is 0.213. The van der Waals surface area contributed by atoms with E-state index in [1.54, 1.807) is 6.20 Å². The van der Waals surface area contributed by atoms with Gasteiger partial charge in [0.25, 0.3) is 0 Å². The summed E-state index contributed by atoms with van der Waals surface area (Å²) in [6.45, 7) is 9.45. The molecule has 2 aromatic carbocycles. The van der Waals surface area contributed by atoms with Gasteiger partial charge < -0.3 is 14.4 Å². The predicted molar refractivity (Wildman–Crippen MR) is 185 cm³/mol. The molecule has 258 valence electrons. The molecular formula is C38H44F2N6O3. The van der Waals surface area contributed by atoms with Crippen LogP contribution in [0.25, 0.3) is 32.9 Å². The van der Waals surface area contributed by atoms with Crippen molar-refractivity contribution >= 4 is 33.6 Å². The van der Waals surface area contributed by atoms with Crippen LogP contribution in [0, 0.1) is 12.7 Å². The summed E-state index contributed by atoms with van der Waals surface area (Å²) >= 11 is 0. The van der Waals surface area contributed by atoms with Gasteiger partial charge >= 0.3 is 12.1 Å². The van der Waals surface area contributed by atoms with Gasteiger partial charge in [0.05, 0.1) is 23.0 Å². The van der Waals surface area contributed by atoms with Gasteiger partial charge in [-0.15, -0.1) is 0 Å². The van der Waals surface area contributed by atoms with E-state index in [4.69, 9.17) is 24.4 Å². The zero-order valence-corrected chi connectivity index (χ0v) is 28.7. The van der Waals surface area contributed by atoms with E-state index >= 15 is 4.39 Å². The number of halogens is 2. The Kier molecular flexibility index (Phi) is 7.89. The minimum Gasteiger partial charge on any atom is -0.461 e. The molecular weight excluding hydrogens is 626 g/mol. The van der Waals surface area contributed by atoms with E-state index < -0.39 is 11.4 Å². The number of hydrogen-bond donors (Lipinski definition) is 0. The zero-order valence-electron chi connectivity index (χ0n) is 28.7. The van der Waals surface area contributed by atoms with Crippen LogP contribution in [0.3, 0.4) is 0 Å². The predicted octanol–water partition coefficient (Wildman–Crippen LogP) is 7.23. The number of fused-ring (bicyclic) bond motifs is 5. The van der Waals surface area contributed by atoms with Crippen LogP contribution in [0.5, 0.6) is 6.01 Å². The van der Waals surface area contributed by atoms with Crippen molar-refractivity contribution in [1.82, 2.24) is 24.8 Å². The fourth-order valence-electron chi connectivity index (χ4n) is 8.84. The Bertz CT molecular complexity index is 1920. The van der Waals surface area contributed by atoms with Gasteiger partial charge in [0.1, 0.15) is 35.9 Å². The average Bonchev–Trinajstić information content (AvgIpc) is 3.72. The van der Waals surface area contributed by atoms with Crippen molar-refractivity contribution in [3.63, 3.8) is 0 Å². The van der Waals surface area contributed by atoms with Crippen molar-refractivity contribution < 1.29 is 23.0 Å². The largest absolute Gasteiger partial charge is 0.461 e. The highest BCUT2D eigenvalue weighted by molar-refractivity contribution is 5.99. The SMILES string of the molecule is Cc1cc(-c2ncc3c(N4CC5CCC(C4)N5C(=O)OC(C)(C)C)nc(OCC45CCCN4C(CF)CC5)nc3c2F)c2ccccc2c1. The lowest BCUT2D eigenvalue weighted by Gasteiger charge is -2.42. The monoisotopic (exact) mass is 670 g/mol. The highest BCUT2D eigenvalue weighted by Gasteiger charge is 2.50. The summed E-state index contributed by atoms with van der Waals surface area (Å²) in [5, 5.41) is 2.41. The number of aryl methyl sites for hydroxylation is 1. The second-order valence-electron chi connectivity index (χ2n) is 15.4. The summed E-state index contributed by atoms with van der Waals surface area (Å²) in [5.74, 6) is 0.0118. The Morgan fingerprint density at radius 3 is 2.57 bits per heavy atom. The van der Waals surface area contributed by atoms with E-state index in [2.05, 4.69) is 15.9 Å². The summed E-state index contributed by atoms with van der Waals surface area (Å²) in [6, 6.07) is 11.8. The number of rotatable bonds is 6. The Morgan fingerprint density at radius 1 is 1.04 bits per heavy atom. The maximum absolute atomic E-state index is 16.9. The number of alkyl halides is 1. The highest BCUT2D eigenvalue weighted by atomic mass is 19.1. The van der Waals surface area contributed by atoms with Gasteiger partial charge in [-0.25, -0.2) is 13.6 Å². The van der Waals surface area contributed by atoms with Crippen LogP contribution in [0.4, 0.5) is 19.4 Å². The number of ether oxygens (including phenoxy) is 2. The van der Waals surface area contributed by atoms with Crippen LogP contribution in [0.15, 0.2) is 42.6 Å². The van der Waals surface area contributed by atoms with E-state index in [0.717, 1.165) is 61.4 Å². The van der Waals surface area contributed by atoms with Gasteiger partial charge in [-0.2, -0.15) is 9.97 Å². The minimum absolute atomic E-state index is 0.0687.